The number of carbonyl (C=O) groups excluding carboxylic acids is 1. The van der Waals surface area contributed by atoms with Crippen LogP contribution in [0.3, 0.4) is 0 Å². The smallest absolute Gasteiger partial charge is 0.326 e. The van der Waals surface area contributed by atoms with Crippen LogP contribution in [0.5, 0.6) is 0 Å². The second-order valence-corrected chi connectivity index (χ2v) is 3.32. The number of aliphatic hydroxyl groups is 1. The van der Waals surface area contributed by atoms with Crippen molar-refractivity contribution in [1.29, 1.82) is 0 Å². The minimum atomic E-state index is -1.01. The lowest BCUT2D eigenvalue weighted by molar-refractivity contribution is -0.149. The lowest BCUT2D eigenvalue weighted by atomic mass is 10.2. The van der Waals surface area contributed by atoms with Crippen molar-refractivity contribution in [3.05, 3.63) is 0 Å². The fourth-order valence-corrected chi connectivity index (χ4v) is 1.58. The molecule has 0 aromatic heterocycles. The number of amides is 1. The fraction of sp³-hybridized carbons (Fsp3) is 0.750. The minimum Gasteiger partial charge on any atom is -0.480 e. The van der Waals surface area contributed by atoms with Gasteiger partial charge in [0.25, 0.3) is 0 Å². The van der Waals surface area contributed by atoms with E-state index in [0.29, 0.717) is 19.4 Å². The first kappa shape index (κ1) is 10.9. The first-order chi connectivity index (χ1) is 6.57. The average Bonchev–Trinajstić information content (AvgIpc) is 2.63. The molecule has 0 aromatic carbocycles. The maximum Gasteiger partial charge on any atom is 0.326 e. The van der Waals surface area contributed by atoms with Gasteiger partial charge in [0, 0.05) is 6.54 Å². The molecule has 80 valence electrons. The predicted octanol–water partition coefficient (Wildman–Crippen LogP) is -1.62. The maximum absolute atomic E-state index is 11.5. The molecule has 0 saturated carbocycles. The molecule has 0 aliphatic carbocycles. The molecule has 0 spiro atoms. The molecule has 0 bridgehead atoms. The van der Waals surface area contributed by atoms with Crippen molar-refractivity contribution in [1.82, 2.24) is 4.90 Å². The van der Waals surface area contributed by atoms with Crippen LogP contribution in [0.4, 0.5) is 0 Å². The monoisotopic (exact) mass is 202 g/mol. The Morgan fingerprint density at radius 1 is 1.57 bits per heavy atom. The number of aliphatic hydroxyl groups excluding tert-OH is 1. The summed E-state index contributed by atoms with van der Waals surface area (Å²) < 4.78 is 0. The number of hydrogen-bond acceptors (Lipinski definition) is 4. The highest BCUT2D eigenvalue weighted by Crippen LogP contribution is 2.17. The Morgan fingerprint density at radius 3 is 2.71 bits per heavy atom. The summed E-state index contributed by atoms with van der Waals surface area (Å²) in [6.07, 6.45) is 1.13. The molecule has 1 heterocycles. The number of likely N-dealkylation sites (tertiary alicyclic amines) is 1. The third kappa shape index (κ3) is 2.02. The first-order valence-corrected chi connectivity index (χ1v) is 4.47. The third-order valence-electron chi connectivity index (χ3n) is 2.33. The molecule has 0 aromatic rings. The Bertz CT molecular complexity index is 243. The van der Waals surface area contributed by atoms with Gasteiger partial charge in [-0.25, -0.2) is 4.79 Å². The number of aliphatic carboxylic acids is 1. The number of hydrogen-bond donors (Lipinski definition) is 3. The number of rotatable bonds is 3. The maximum atomic E-state index is 11.5. The summed E-state index contributed by atoms with van der Waals surface area (Å²) in [5.41, 5.74) is 5.32. The van der Waals surface area contributed by atoms with E-state index >= 15 is 0 Å². The summed E-state index contributed by atoms with van der Waals surface area (Å²) in [5.74, 6) is -1.50. The van der Waals surface area contributed by atoms with Gasteiger partial charge in [-0.05, 0) is 12.8 Å². The summed E-state index contributed by atoms with van der Waals surface area (Å²) in [5, 5.41) is 17.5. The van der Waals surface area contributed by atoms with Gasteiger partial charge in [-0.3, -0.25) is 4.79 Å². The molecule has 2 atom stereocenters. The highest BCUT2D eigenvalue weighted by Gasteiger charge is 2.35. The average molecular weight is 202 g/mol. The van der Waals surface area contributed by atoms with E-state index in [9.17, 15) is 9.59 Å². The molecule has 1 aliphatic heterocycles. The van der Waals surface area contributed by atoms with Crippen molar-refractivity contribution in [2.24, 2.45) is 5.73 Å². The van der Waals surface area contributed by atoms with Crippen LogP contribution in [0.15, 0.2) is 0 Å². The van der Waals surface area contributed by atoms with E-state index in [1.165, 1.54) is 4.90 Å². The standard InChI is InChI=1S/C8H14N2O4/c9-5(4-11)7(12)10-3-1-2-6(10)8(13)14/h5-6,11H,1-4,9H2,(H,13,14). The molecule has 1 fully saturated rings. The molecule has 1 rings (SSSR count). The zero-order chi connectivity index (χ0) is 10.7. The number of carboxylic acid groups (broad SMARTS) is 1. The van der Waals surface area contributed by atoms with Crippen LogP contribution in [0.25, 0.3) is 0 Å². The van der Waals surface area contributed by atoms with Crippen LogP contribution >= 0.6 is 0 Å². The summed E-state index contributed by atoms with van der Waals surface area (Å²) >= 11 is 0. The van der Waals surface area contributed by atoms with Crippen LogP contribution in [-0.2, 0) is 9.59 Å². The normalized spacial score (nSPS) is 23.6. The van der Waals surface area contributed by atoms with Gasteiger partial charge in [0.05, 0.1) is 6.61 Å². The third-order valence-corrected chi connectivity index (χ3v) is 2.33. The van der Waals surface area contributed by atoms with Crippen molar-refractivity contribution in [2.75, 3.05) is 13.2 Å². The van der Waals surface area contributed by atoms with Gasteiger partial charge in [-0.2, -0.15) is 0 Å². The van der Waals surface area contributed by atoms with E-state index in [1.54, 1.807) is 0 Å². The van der Waals surface area contributed by atoms with E-state index in [0.717, 1.165) is 0 Å². The van der Waals surface area contributed by atoms with Gasteiger partial charge >= 0.3 is 5.97 Å². The van der Waals surface area contributed by atoms with E-state index in [2.05, 4.69) is 0 Å². The molecule has 1 saturated heterocycles. The van der Waals surface area contributed by atoms with Gasteiger partial charge in [0.1, 0.15) is 12.1 Å². The van der Waals surface area contributed by atoms with Crippen molar-refractivity contribution < 1.29 is 19.8 Å². The van der Waals surface area contributed by atoms with Crippen molar-refractivity contribution in [2.45, 2.75) is 24.9 Å². The Hall–Kier alpha value is -1.14. The molecule has 1 amide bonds. The molecule has 6 heteroatoms. The van der Waals surface area contributed by atoms with Crippen LogP contribution in [-0.4, -0.2) is 52.2 Å². The van der Waals surface area contributed by atoms with Crippen molar-refractivity contribution in [3.8, 4) is 0 Å². The predicted molar refractivity (Wildman–Crippen MR) is 47.4 cm³/mol. The van der Waals surface area contributed by atoms with Crippen LogP contribution in [0.1, 0.15) is 12.8 Å². The molecule has 14 heavy (non-hydrogen) atoms. The minimum absolute atomic E-state index is 0.406. The Balaban J connectivity index is 2.67. The highest BCUT2D eigenvalue weighted by molar-refractivity contribution is 5.87. The quantitative estimate of drug-likeness (QED) is 0.510. The Morgan fingerprint density at radius 2 is 2.21 bits per heavy atom. The van der Waals surface area contributed by atoms with Gasteiger partial charge in [0.15, 0.2) is 0 Å². The number of carbonyl (C=O) groups is 2. The topological polar surface area (TPSA) is 104 Å². The number of carboxylic acids is 1. The summed E-state index contributed by atoms with van der Waals surface area (Å²) in [6.45, 7) is -0.0504. The zero-order valence-electron chi connectivity index (χ0n) is 7.72. The number of nitrogens with zero attached hydrogens (tertiary/aromatic N) is 1. The van der Waals surface area contributed by atoms with Crippen LogP contribution in [0, 0.1) is 0 Å². The van der Waals surface area contributed by atoms with E-state index in [1.807, 2.05) is 0 Å². The second kappa shape index (κ2) is 4.39. The second-order valence-electron chi connectivity index (χ2n) is 3.32. The summed E-state index contributed by atoms with van der Waals surface area (Å²) in [7, 11) is 0. The Labute approximate surface area is 81.3 Å². The van der Waals surface area contributed by atoms with E-state index < -0.39 is 30.6 Å². The lowest BCUT2D eigenvalue weighted by Crippen LogP contribution is -2.49. The zero-order valence-corrected chi connectivity index (χ0v) is 7.72. The molecular formula is C8H14N2O4. The molecule has 4 N–H and O–H groups in total. The molecule has 1 aliphatic rings. The van der Waals surface area contributed by atoms with Crippen LogP contribution in [0.2, 0.25) is 0 Å². The summed E-state index contributed by atoms with van der Waals surface area (Å²) in [4.78, 5) is 23.4. The Kier molecular flexibility index (Phi) is 3.43. The largest absolute Gasteiger partial charge is 0.480 e. The van der Waals surface area contributed by atoms with Gasteiger partial charge in [0.2, 0.25) is 5.91 Å². The van der Waals surface area contributed by atoms with Crippen LogP contribution < -0.4 is 5.73 Å². The van der Waals surface area contributed by atoms with Gasteiger partial charge in [-0.1, -0.05) is 0 Å². The van der Waals surface area contributed by atoms with Crippen molar-refractivity contribution >= 4 is 11.9 Å². The van der Waals surface area contributed by atoms with E-state index in [4.69, 9.17) is 15.9 Å². The van der Waals surface area contributed by atoms with Gasteiger partial charge in [-0.15, -0.1) is 0 Å². The molecule has 2 unspecified atom stereocenters. The molecule has 0 radical (unpaired) electrons. The molecule has 6 nitrogen and oxygen atoms in total. The highest BCUT2D eigenvalue weighted by atomic mass is 16.4. The first-order valence-electron chi connectivity index (χ1n) is 4.47. The van der Waals surface area contributed by atoms with Crippen molar-refractivity contribution in [3.63, 3.8) is 0 Å². The SMILES string of the molecule is NC(CO)C(=O)N1CCCC1C(=O)O. The fourth-order valence-electron chi connectivity index (χ4n) is 1.58. The lowest BCUT2D eigenvalue weighted by Gasteiger charge is -2.23. The molecular weight excluding hydrogens is 188 g/mol. The summed E-state index contributed by atoms with van der Waals surface area (Å²) in [6, 6.07) is -1.78. The van der Waals surface area contributed by atoms with Gasteiger partial charge < -0.3 is 20.8 Å². The number of nitrogens with two attached hydrogens (primary N) is 1. The van der Waals surface area contributed by atoms with E-state index in [-0.39, 0.29) is 0 Å².